The Balaban J connectivity index is 1.73. The number of likely N-dealkylation sites (tertiary alicyclic amines) is 1. The van der Waals surface area contributed by atoms with Gasteiger partial charge in [0.15, 0.2) is 0 Å². The number of hydrogen-bond donors (Lipinski definition) is 1. The van der Waals surface area contributed by atoms with Crippen LogP contribution in [0.15, 0.2) is 54.1 Å². The number of morpholine rings is 1. The quantitative estimate of drug-likeness (QED) is 0.217. The van der Waals surface area contributed by atoms with E-state index in [1.807, 2.05) is 0 Å². The van der Waals surface area contributed by atoms with Crippen molar-refractivity contribution in [3.63, 3.8) is 0 Å². The van der Waals surface area contributed by atoms with Crippen molar-refractivity contribution in [3.05, 3.63) is 75.3 Å². The molecule has 0 saturated carbocycles. The van der Waals surface area contributed by atoms with Crippen molar-refractivity contribution >= 4 is 23.1 Å². The monoisotopic (exact) mass is 467 g/mol. The summed E-state index contributed by atoms with van der Waals surface area (Å²) in [7, 11) is 1.52. The number of nitrogens with zero attached hydrogens (tertiary/aromatic N) is 3. The highest BCUT2D eigenvalue weighted by Gasteiger charge is 2.46. The van der Waals surface area contributed by atoms with E-state index in [-0.39, 0.29) is 23.6 Å². The number of amides is 1. The number of ether oxygens (including phenoxy) is 2. The second-order valence-electron chi connectivity index (χ2n) is 8.02. The van der Waals surface area contributed by atoms with Crippen LogP contribution in [0, 0.1) is 10.1 Å². The third-order valence-electron chi connectivity index (χ3n) is 6.08. The number of methoxy groups -OCH3 is 1. The van der Waals surface area contributed by atoms with E-state index < -0.39 is 22.7 Å². The zero-order valence-electron chi connectivity index (χ0n) is 18.7. The van der Waals surface area contributed by atoms with Crippen LogP contribution in [0.4, 0.5) is 5.69 Å². The van der Waals surface area contributed by atoms with Gasteiger partial charge in [-0.05, 0) is 42.0 Å². The van der Waals surface area contributed by atoms with Gasteiger partial charge in [0, 0.05) is 43.9 Å². The molecule has 2 aliphatic rings. The number of carbonyl (C=O) groups excluding carboxylic acids is 2. The van der Waals surface area contributed by atoms with E-state index in [0.717, 1.165) is 13.1 Å². The topological polar surface area (TPSA) is 122 Å². The number of aliphatic hydroxyl groups is 1. The van der Waals surface area contributed by atoms with E-state index in [0.29, 0.717) is 36.6 Å². The minimum atomic E-state index is -0.871. The molecule has 2 aliphatic heterocycles. The van der Waals surface area contributed by atoms with Crippen molar-refractivity contribution in [2.45, 2.75) is 6.04 Å². The minimum absolute atomic E-state index is 0.0500. The van der Waals surface area contributed by atoms with Crippen molar-refractivity contribution in [3.8, 4) is 5.75 Å². The highest BCUT2D eigenvalue weighted by atomic mass is 16.6. The lowest BCUT2D eigenvalue weighted by Gasteiger charge is -2.31. The molecule has 0 radical (unpaired) electrons. The molecule has 0 spiro atoms. The molecule has 0 aromatic heterocycles. The van der Waals surface area contributed by atoms with Crippen molar-refractivity contribution in [2.24, 2.45) is 0 Å². The standard InChI is InChI=1S/C24H25N3O7/c1-33-19-8-4-17(5-9-19)22(28)20-21(16-2-6-18(7-3-16)27(31)32)26(24(30)23(20)29)11-10-25-12-14-34-15-13-25/h2-9,21,28H,10-15H2,1H3/b22-20+/t21-/m1/s1. The van der Waals surface area contributed by atoms with Crippen LogP contribution < -0.4 is 4.74 Å². The van der Waals surface area contributed by atoms with Crippen LogP contribution in [0.1, 0.15) is 17.2 Å². The molecule has 2 aromatic carbocycles. The predicted molar refractivity (Wildman–Crippen MR) is 122 cm³/mol. The van der Waals surface area contributed by atoms with Gasteiger partial charge in [-0.15, -0.1) is 0 Å². The molecule has 0 bridgehead atoms. The maximum absolute atomic E-state index is 13.1. The number of aliphatic hydroxyl groups excluding tert-OH is 1. The Hall–Kier alpha value is -3.76. The third-order valence-corrected chi connectivity index (χ3v) is 6.08. The van der Waals surface area contributed by atoms with Crippen LogP contribution in [-0.4, -0.2) is 78.0 Å². The van der Waals surface area contributed by atoms with Gasteiger partial charge in [0.2, 0.25) is 0 Å². The van der Waals surface area contributed by atoms with Gasteiger partial charge in [-0.2, -0.15) is 0 Å². The number of nitro benzene ring substituents is 1. The van der Waals surface area contributed by atoms with Crippen molar-refractivity contribution in [2.75, 3.05) is 46.5 Å². The Morgan fingerprint density at radius 1 is 1.09 bits per heavy atom. The first-order chi connectivity index (χ1) is 16.4. The number of rotatable bonds is 7. The molecule has 10 heteroatoms. The summed E-state index contributed by atoms with van der Waals surface area (Å²) in [6.07, 6.45) is 0. The molecule has 0 aliphatic carbocycles. The fourth-order valence-electron chi connectivity index (χ4n) is 4.21. The van der Waals surface area contributed by atoms with Gasteiger partial charge in [0.25, 0.3) is 17.4 Å². The highest BCUT2D eigenvalue weighted by Crippen LogP contribution is 2.39. The van der Waals surface area contributed by atoms with E-state index >= 15 is 0 Å². The zero-order valence-corrected chi connectivity index (χ0v) is 18.7. The minimum Gasteiger partial charge on any atom is -0.507 e. The molecule has 10 nitrogen and oxygen atoms in total. The fraction of sp³-hybridized carbons (Fsp3) is 0.333. The summed E-state index contributed by atoms with van der Waals surface area (Å²) in [5, 5.41) is 22.2. The van der Waals surface area contributed by atoms with Crippen LogP contribution in [0.5, 0.6) is 5.75 Å². The number of non-ortho nitro benzene ring substituents is 1. The van der Waals surface area contributed by atoms with Crippen LogP contribution in [0.25, 0.3) is 5.76 Å². The molecule has 1 amide bonds. The van der Waals surface area contributed by atoms with Crippen molar-refractivity contribution < 1.29 is 29.1 Å². The van der Waals surface area contributed by atoms with Crippen LogP contribution in [-0.2, 0) is 14.3 Å². The van der Waals surface area contributed by atoms with E-state index in [2.05, 4.69) is 4.90 Å². The van der Waals surface area contributed by atoms with Crippen molar-refractivity contribution in [1.82, 2.24) is 9.80 Å². The first-order valence-electron chi connectivity index (χ1n) is 10.9. The summed E-state index contributed by atoms with van der Waals surface area (Å²) < 4.78 is 10.5. The van der Waals surface area contributed by atoms with Crippen LogP contribution >= 0.6 is 0 Å². The normalized spacial score (nSPS) is 20.5. The van der Waals surface area contributed by atoms with E-state index in [4.69, 9.17) is 9.47 Å². The maximum Gasteiger partial charge on any atom is 0.295 e. The number of ketones is 1. The average molecular weight is 467 g/mol. The highest BCUT2D eigenvalue weighted by molar-refractivity contribution is 6.46. The summed E-state index contributed by atoms with van der Waals surface area (Å²) in [6, 6.07) is 11.3. The SMILES string of the molecule is COc1ccc(/C(O)=C2\C(=O)C(=O)N(CCN3CCOCC3)[C@@H]2c2ccc([N+](=O)[O-])cc2)cc1. The smallest absolute Gasteiger partial charge is 0.295 e. The molecule has 178 valence electrons. The van der Waals surface area contributed by atoms with Crippen molar-refractivity contribution in [1.29, 1.82) is 0 Å². The Morgan fingerprint density at radius 2 is 1.74 bits per heavy atom. The molecular formula is C24H25N3O7. The van der Waals surface area contributed by atoms with E-state index in [1.165, 1.54) is 36.3 Å². The summed E-state index contributed by atoms with van der Waals surface area (Å²) in [5.41, 5.74) is 0.705. The summed E-state index contributed by atoms with van der Waals surface area (Å²) in [6.45, 7) is 3.42. The fourth-order valence-corrected chi connectivity index (χ4v) is 4.21. The largest absolute Gasteiger partial charge is 0.507 e. The molecule has 2 saturated heterocycles. The third kappa shape index (κ3) is 4.63. The number of nitro groups is 1. The number of hydrogen-bond acceptors (Lipinski definition) is 8. The van der Waals surface area contributed by atoms with E-state index in [9.17, 15) is 24.8 Å². The summed E-state index contributed by atoms with van der Waals surface area (Å²) >= 11 is 0. The Bertz CT molecular complexity index is 1110. The average Bonchev–Trinajstić information content (AvgIpc) is 3.12. The van der Waals surface area contributed by atoms with Gasteiger partial charge in [-0.25, -0.2) is 0 Å². The molecular weight excluding hydrogens is 442 g/mol. The second kappa shape index (κ2) is 10.0. The number of benzene rings is 2. The van der Waals surface area contributed by atoms with E-state index in [1.54, 1.807) is 24.3 Å². The molecule has 2 heterocycles. The lowest BCUT2D eigenvalue weighted by atomic mass is 9.95. The summed E-state index contributed by atoms with van der Waals surface area (Å²) in [4.78, 5) is 40.3. The zero-order chi connectivity index (χ0) is 24.2. The molecule has 0 unspecified atom stereocenters. The molecule has 4 rings (SSSR count). The second-order valence-corrected chi connectivity index (χ2v) is 8.02. The van der Waals surface area contributed by atoms with Gasteiger partial charge in [0.1, 0.15) is 11.5 Å². The Labute approximate surface area is 196 Å². The van der Waals surface area contributed by atoms with Gasteiger partial charge >= 0.3 is 0 Å². The lowest BCUT2D eigenvalue weighted by Crippen LogP contribution is -2.42. The molecule has 2 fully saturated rings. The molecule has 2 aromatic rings. The van der Waals surface area contributed by atoms with Gasteiger partial charge in [0.05, 0.1) is 36.9 Å². The first-order valence-corrected chi connectivity index (χ1v) is 10.9. The summed E-state index contributed by atoms with van der Waals surface area (Å²) in [5.74, 6) is -1.24. The predicted octanol–water partition coefficient (Wildman–Crippen LogP) is 2.36. The number of carbonyl (C=O) groups is 2. The number of Topliss-reactive ketones (excluding diaryl/α,β-unsaturated/α-hetero) is 1. The van der Waals surface area contributed by atoms with Crippen LogP contribution in [0.3, 0.4) is 0 Å². The lowest BCUT2D eigenvalue weighted by molar-refractivity contribution is -0.384. The Kier molecular flexibility index (Phi) is 6.90. The van der Waals surface area contributed by atoms with Crippen LogP contribution in [0.2, 0.25) is 0 Å². The molecule has 1 atom stereocenters. The van der Waals surface area contributed by atoms with Gasteiger partial charge < -0.3 is 19.5 Å². The van der Waals surface area contributed by atoms with Gasteiger partial charge in [-0.1, -0.05) is 0 Å². The first kappa shape index (κ1) is 23.4. The van der Waals surface area contributed by atoms with Gasteiger partial charge in [-0.3, -0.25) is 24.6 Å². The maximum atomic E-state index is 13.1. The molecule has 34 heavy (non-hydrogen) atoms. The molecule has 1 N–H and O–H groups in total. The Morgan fingerprint density at radius 3 is 2.32 bits per heavy atom.